The molecule has 17 heavy (non-hydrogen) atoms. The summed E-state index contributed by atoms with van der Waals surface area (Å²) in [4.78, 5) is 23.8. The Balaban J connectivity index is 2.63. The second kappa shape index (κ2) is 4.58. The van der Waals surface area contributed by atoms with Crippen LogP contribution in [0.3, 0.4) is 0 Å². The third kappa shape index (κ3) is 3.94. The summed E-state index contributed by atoms with van der Waals surface area (Å²) in [6, 6.07) is 0. The molecule has 1 fully saturated rings. The van der Waals surface area contributed by atoms with Gasteiger partial charge in [-0.3, -0.25) is 4.79 Å². The molecule has 1 aliphatic heterocycles. The maximum Gasteiger partial charge on any atom is 0.410 e. The van der Waals surface area contributed by atoms with Crippen LogP contribution in [0.25, 0.3) is 0 Å². The van der Waals surface area contributed by atoms with Crippen LogP contribution in [0.1, 0.15) is 33.6 Å². The number of carbonyl (C=O) groups is 2. The number of likely N-dealkylation sites (tertiary alicyclic amines) is 1. The predicted molar refractivity (Wildman–Crippen MR) is 57.0 cm³/mol. The van der Waals surface area contributed by atoms with Gasteiger partial charge in [0.15, 0.2) is 0 Å². The number of amides is 1. The van der Waals surface area contributed by atoms with Gasteiger partial charge in [0, 0.05) is 25.9 Å². The van der Waals surface area contributed by atoms with Crippen molar-refractivity contribution in [3.05, 3.63) is 0 Å². The Kier molecular flexibility index (Phi) is 3.74. The number of rotatable bonds is 0. The highest BCUT2D eigenvalue weighted by Gasteiger charge is 2.41. The van der Waals surface area contributed by atoms with Crippen molar-refractivity contribution in [3.8, 4) is 0 Å². The molecule has 6 heteroatoms. The maximum atomic E-state index is 13.1. The van der Waals surface area contributed by atoms with Crippen molar-refractivity contribution in [1.29, 1.82) is 0 Å². The Morgan fingerprint density at radius 2 is 1.94 bits per heavy atom. The topological polar surface area (TPSA) is 46.6 Å². The highest BCUT2D eigenvalue weighted by molar-refractivity contribution is 5.86. The van der Waals surface area contributed by atoms with Gasteiger partial charge >= 0.3 is 12.0 Å². The van der Waals surface area contributed by atoms with E-state index in [4.69, 9.17) is 4.74 Å². The van der Waals surface area contributed by atoms with Gasteiger partial charge in [-0.05, 0) is 20.8 Å². The first-order valence-electron chi connectivity index (χ1n) is 5.51. The largest absolute Gasteiger partial charge is 0.444 e. The lowest BCUT2D eigenvalue weighted by atomic mass is 10.1. The van der Waals surface area contributed by atoms with Crippen LogP contribution in [0.2, 0.25) is 0 Å². The fourth-order valence-corrected chi connectivity index (χ4v) is 1.46. The second-order valence-corrected chi connectivity index (χ2v) is 5.10. The molecule has 1 saturated heterocycles. The SMILES string of the molecule is CC(C)(C)OC(=O)N1CCC(=O)C(F)(F)CC1. The zero-order valence-corrected chi connectivity index (χ0v) is 10.3. The van der Waals surface area contributed by atoms with Gasteiger partial charge in [-0.1, -0.05) is 0 Å². The number of carbonyl (C=O) groups excluding carboxylic acids is 2. The predicted octanol–water partition coefficient (Wildman–Crippen LogP) is 2.22. The van der Waals surface area contributed by atoms with E-state index in [2.05, 4.69) is 0 Å². The smallest absolute Gasteiger partial charge is 0.410 e. The minimum absolute atomic E-state index is 0.0106. The summed E-state index contributed by atoms with van der Waals surface area (Å²) in [5.74, 6) is -4.43. The van der Waals surface area contributed by atoms with Crippen LogP contribution < -0.4 is 0 Å². The molecule has 0 aromatic rings. The molecule has 1 amide bonds. The molecule has 0 saturated carbocycles. The van der Waals surface area contributed by atoms with Gasteiger partial charge in [0.05, 0.1) is 0 Å². The molecule has 1 aliphatic rings. The van der Waals surface area contributed by atoms with Crippen molar-refractivity contribution in [3.63, 3.8) is 0 Å². The third-order valence-corrected chi connectivity index (χ3v) is 2.36. The first kappa shape index (κ1) is 13.9. The van der Waals surface area contributed by atoms with Gasteiger partial charge < -0.3 is 9.64 Å². The zero-order valence-electron chi connectivity index (χ0n) is 10.3. The number of halogens is 2. The van der Waals surface area contributed by atoms with Crippen LogP contribution in [0.4, 0.5) is 13.6 Å². The molecule has 98 valence electrons. The number of alkyl halides is 2. The minimum Gasteiger partial charge on any atom is -0.444 e. The standard InChI is InChI=1S/C11H17F2NO3/c1-10(2,3)17-9(16)14-6-4-8(15)11(12,13)5-7-14/h4-7H2,1-3H3. The summed E-state index contributed by atoms with van der Waals surface area (Å²) in [6.07, 6.45) is -1.61. The fraction of sp³-hybridized carbons (Fsp3) is 0.818. The molecular formula is C11H17F2NO3. The van der Waals surface area contributed by atoms with Crippen molar-refractivity contribution in [2.24, 2.45) is 0 Å². The van der Waals surface area contributed by atoms with E-state index in [1.807, 2.05) is 0 Å². The van der Waals surface area contributed by atoms with Crippen molar-refractivity contribution in [2.75, 3.05) is 13.1 Å². The summed E-state index contributed by atoms with van der Waals surface area (Å²) >= 11 is 0. The van der Waals surface area contributed by atoms with Crippen LogP contribution in [0, 0.1) is 0 Å². The van der Waals surface area contributed by atoms with Crippen molar-refractivity contribution in [2.45, 2.75) is 45.1 Å². The summed E-state index contributed by atoms with van der Waals surface area (Å²) in [7, 11) is 0. The molecule has 0 aromatic carbocycles. The van der Waals surface area contributed by atoms with Gasteiger partial charge in [-0.15, -0.1) is 0 Å². The Labute approximate surface area is 98.9 Å². The number of hydrogen-bond acceptors (Lipinski definition) is 3. The van der Waals surface area contributed by atoms with Gasteiger partial charge in [0.1, 0.15) is 5.60 Å². The molecular weight excluding hydrogens is 232 g/mol. The number of hydrogen-bond donors (Lipinski definition) is 0. The molecule has 0 spiro atoms. The van der Waals surface area contributed by atoms with E-state index < -0.39 is 29.8 Å². The lowest BCUT2D eigenvalue weighted by molar-refractivity contribution is -0.142. The zero-order chi connectivity index (χ0) is 13.3. The normalized spacial score (nSPS) is 21.0. The molecule has 0 bridgehead atoms. The lowest BCUT2D eigenvalue weighted by Crippen LogP contribution is -2.37. The number of ether oxygens (including phenoxy) is 1. The average molecular weight is 249 g/mol. The van der Waals surface area contributed by atoms with Crippen LogP contribution in [-0.4, -0.2) is 41.4 Å². The quantitative estimate of drug-likeness (QED) is 0.661. The van der Waals surface area contributed by atoms with Crippen LogP contribution >= 0.6 is 0 Å². The van der Waals surface area contributed by atoms with Crippen molar-refractivity contribution in [1.82, 2.24) is 4.90 Å². The van der Waals surface area contributed by atoms with E-state index in [0.29, 0.717) is 0 Å². The van der Waals surface area contributed by atoms with E-state index >= 15 is 0 Å². The molecule has 0 atom stereocenters. The molecule has 1 heterocycles. The Bertz CT molecular complexity index is 323. The van der Waals surface area contributed by atoms with E-state index in [1.54, 1.807) is 20.8 Å². The fourth-order valence-electron chi connectivity index (χ4n) is 1.46. The molecule has 0 aliphatic carbocycles. The van der Waals surface area contributed by atoms with E-state index in [-0.39, 0.29) is 19.5 Å². The number of ketones is 1. The van der Waals surface area contributed by atoms with E-state index in [1.165, 1.54) is 0 Å². The van der Waals surface area contributed by atoms with Gasteiger partial charge in [0.25, 0.3) is 0 Å². The lowest BCUT2D eigenvalue weighted by Gasteiger charge is -2.26. The summed E-state index contributed by atoms with van der Waals surface area (Å²) in [5.41, 5.74) is -0.671. The van der Waals surface area contributed by atoms with Gasteiger partial charge in [0.2, 0.25) is 5.78 Å². The Morgan fingerprint density at radius 1 is 1.35 bits per heavy atom. The van der Waals surface area contributed by atoms with Gasteiger partial charge in [-0.2, -0.15) is 8.78 Å². The molecule has 4 nitrogen and oxygen atoms in total. The van der Waals surface area contributed by atoms with Crippen LogP contribution in [0.15, 0.2) is 0 Å². The maximum absolute atomic E-state index is 13.1. The molecule has 0 radical (unpaired) electrons. The molecule has 0 aromatic heterocycles. The first-order chi connectivity index (χ1) is 7.62. The third-order valence-electron chi connectivity index (χ3n) is 2.36. The van der Waals surface area contributed by atoms with Crippen molar-refractivity contribution >= 4 is 11.9 Å². The molecule has 1 rings (SSSR count). The molecule has 0 unspecified atom stereocenters. The summed E-state index contributed by atoms with van der Waals surface area (Å²) < 4.78 is 31.3. The summed E-state index contributed by atoms with van der Waals surface area (Å²) in [5, 5.41) is 0. The van der Waals surface area contributed by atoms with Gasteiger partial charge in [-0.25, -0.2) is 4.79 Å². The van der Waals surface area contributed by atoms with E-state index in [9.17, 15) is 18.4 Å². The second-order valence-electron chi connectivity index (χ2n) is 5.10. The van der Waals surface area contributed by atoms with Crippen LogP contribution in [0.5, 0.6) is 0 Å². The number of nitrogens with zero attached hydrogens (tertiary/aromatic N) is 1. The first-order valence-corrected chi connectivity index (χ1v) is 5.51. The minimum atomic E-state index is -3.32. The van der Waals surface area contributed by atoms with E-state index in [0.717, 1.165) is 4.90 Å². The Morgan fingerprint density at radius 3 is 2.47 bits per heavy atom. The monoisotopic (exact) mass is 249 g/mol. The molecule has 0 N–H and O–H groups in total. The number of Topliss-reactive ketones (excluding diaryl/α,β-unsaturated/α-hetero) is 1. The Hall–Kier alpha value is -1.20. The van der Waals surface area contributed by atoms with Crippen LogP contribution in [-0.2, 0) is 9.53 Å². The highest BCUT2D eigenvalue weighted by Crippen LogP contribution is 2.25. The average Bonchev–Trinajstić information content (AvgIpc) is 2.25. The van der Waals surface area contributed by atoms with Crippen molar-refractivity contribution < 1.29 is 23.1 Å². The summed E-state index contributed by atoms with van der Waals surface area (Å²) in [6.45, 7) is 4.92. The highest BCUT2D eigenvalue weighted by atomic mass is 19.3.